The first-order valence-electron chi connectivity index (χ1n) is 10.1. The van der Waals surface area contributed by atoms with E-state index >= 15 is 0 Å². The molecule has 2 aromatic heterocycles. The van der Waals surface area contributed by atoms with Crippen molar-refractivity contribution >= 4 is 22.6 Å². The molecule has 28 heavy (non-hydrogen) atoms. The van der Waals surface area contributed by atoms with E-state index in [1.807, 2.05) is 41.0 Å². The number of nitrogens with zero attached hydrogens (tertiary/aromatic N) is 3. The van der Waals surface area contributed by atoms with Crippen LogP contribution >= 0.6 is 0 Å². The Bertz CT molecular complexity index is 982. The summed E-state index contributed by atoms with van der Waals surface area (Å²) in [5.74, 6) is 1.94. The minimum Gasteiger partial charge on any atom is -0.327 e. The number of hydrogen-bond acceptors (Lipinski definition) is 4. The van der Waals surface area contributed by atoms with E-state index in [1.54, 1.807) is 12.5 Å². The maximum atomic E-state index is 12.8. The van der Waals surface area contributed by atoms with Crippen molar-refractivity contribution in [1.82, 2.24) is 14.5 Å². The number of nitrogens with two attached hydrogens (primary N) is 1. The molecular formula is C22H25N5O. The van der Waals surface area contributed by atoms with Gasteiger partial charge in [-0.05, 0) is 61.8 Å². The number of anilines is 1. The van der Waals surface area contributed by atoms with Gasteiger partial charge in [-0.25, -0.2) is 9.97 Å². The summed E-state index contributed by atoms with van der Waals surface area (Å²) in [6.45, 7) is 0. The van der Waals surface area contributed by atoms with E-state index in [9.17, 15) is 4.79 Å². The SMILES string of the molecule is NC1C2CCCC1CC(C(=O)Nc1ccc(-n3cnc4ccccc43)nc1)C2. The number of nitrogens with one attached hydrogen (secondary N) is 1. The van der Waals surface area contributed by atoms with Crippen LogP contribution in [0.5, 0.6) is 0 Å². The average molecular weight is 375 g/mol. The van der Waals surface area contributed by atoms with Crippen LogP contribution in [0.3, 0.4) is 0 Å². The van der Waals surface area contributed by atoms with Gasteiger partial charge in [-0.1, -0.05) is 18.6 Å². The highest BCUT2D eigenvalue weighted by Gasteiger charge is 2.40. The third-order valence-corrected chi connectivity index (χ3v) is 6.50. The summed E-state index contributed by atoms with van der Waals surface area (Å²) in [7, 11) is 0. The first kappa shape index (κ1) is 17.4. The molecule has 0 radical (unpaired) electrons. The molecule has 2 unspecified atom stereocenters. The number of fused-ring (bicyclic) bond motifs is 3. The van der Waals surface area contributed by atoms with Crippen LogP contribution in [0.2, 0.25) is 0 Å². The number of rotatable bonds is 3. The Hall–Kier alpha value is -2.73. The van der Waals surface area contributed by atoms with Gasteiger partial charge in [0.15, 0.2) is 0 Å². The van der Waals surface area contributed by atoms with Crippen LogP contribution in [0.1, 0.15) is 32.1 Å². The number of carbonyl (C=O) groups excluding carboxylic acids is 1. The van der Waals surface area contributed by atoms with E-state index in [1.165, 1.54) is 6.42 Å². The minimum atomic E-state index is 0.0624. The molecule has 1 amide bonds. The maximum Gasteiger partial charge on any atom is 0.227 e. The van der Waals surface area contributed by atoms with Crippen LogP contribution in [0.25, 0.3) is 16.9 Å². The largest absolute Gasteiger partial charge is 0.327 e. The quantitative estimate of drug-likeness (QED) is 0.733. The molecule has 2 aliphatic carbocycles. The summed E-state index contributed by atoms with van der Waals surface area (Å²) >= 11 is 0. The molecule has 2 fully saturated rings. The van der Waals surface area contributed by atoms with Gasteiger partial charge in [0.1, 0.15) is 12.1 Å². The molecule has 3 N–H and O–H groups in total. The highest BCUT2D eigenvalue weighted by Crippen LogP contribution is 2.42. The zero-order valence-electron chi connectivity index (χ0n) is 15.8. The summed E-state index contributed by atoms with van der Waals surface area (Å²) in [6, 6.07) is 12.1. The number of pyridine rings is 1. The number of benzene rings is 1. The first-order chi connectivity index (χ1) is 13.7. The lowest BCUT2D eigenvalue weighted by Crippen LogP contribution is -2.48. The average Bonchev–Trinajstić information content (AvgIpc) is 3.12. The van der Waals surface area contributed by atoms with E-state index in [0.717, 1.165) is 48.2 Å². The van der Waals surface area contributed by atoms with Gasteiger partial charge < -0.3 is 11.1 Å². The van der Waals surface area contributed by atoms with Crippen molar-refractivity contribution < 1.29 is 4.79 Å². The third kappa shape index (κ3) is 3.07. The summed E-state index contributed by atoms with van der Waals surface area (Å²) in [4.78, 5) is 21.7. The molecule has 6 heteroatoms. The molecule has 2 bridgehead atoms. The van der Waals surface area contributed by atoms with Crippen LogP contribution in [-0.2, 0) is 4.79 Å². The van der Waals surface area contributed by atoms with Gasteiger partial charge in [0.05, 0.1) is 22.9 Å². The second kappa shape index (κ2) is 7.02. The fraction of sp³-hybridized carbons (Fsp3) is 0.409. The molecule has 2 saturated carbocycles. The number of amides is 1. The van der Waals surface area contributed by atoms with Crippen molar-refractivity contribution in [1.29, 1.82) is 0 Å². The Balaban J connectivity index is 1.29. The van der Waals surface area contributed by atoms with Crippen LogP contribution in [0.15, 0.2) is 48.9 Å². The van der Waals surface area contributed by atoms with E-state index in [2.05, 4.69) is 15.3 Å². The van der Waals surface area contributed by atoms with Gasteiger partial charge in [0.25, 0.3) is 0 Å². The normalized spacial score (nSPS) is 26.9. The van der Waals surface area contributed by atoms with Gasteiger partial charge in [-0.3, -0.25) is 9.36 Å². The molecule has 6 nitrogen and oxygen atoms in total. The smallest absolute Gasteiger partial charge is 0.227 e. The van der Waals surface area contributed by atoms with Crippen LogP contribution in [0.4, 0.5) is 5.69 Å². The molecule has 2 atom stereocenters. The van der Waals surface area contributed by atoms with Crippen LogP contribution in [-0.4, -0.2) is 26.5 Å². The van der Waals surface area contributed by atoms with Crippen molar-refractivity contribution in [2.24, 2.45) is 23.5 Å². The number of para-hydroxylation sites is 2. The molecule has 3 aromatic rings. The summed E-state index contributed by atoms with van der Waals surface area (Å²) < 4.78 is 1.95. The molecule has 5 rings (SSSR count). The van der Waals surface area contributed by atoms with E-state index < -0.39 is 0 Å². The van der Waals surface area contributed by atoms with Gasteiger partial charge >= 0.3 is 0 Å². The van der Waals surface area contributed by atoms with Gasteiger partial charge in [0, 0.05) is 12.0 Å². The third-order valence-electron chi connectivity index (χ3n) is 6.50. The summed E-state index contributed by atoms with van der Waals surface area (Å²) in [5.41, 5.74) is 9.03. The zero-order chi connectivity index (χ0) is 19.1. The summed E-state index contributed by atoms with van der Waals surface area (Å²) in [5, 5.41) is 3.06. The highest BCUT2D eigenvalue weighted by atomic mass is 16.1. The molecule has 0 spiro atoms. The van der Waals surface area contributed by atoms with Crippen molar-refractivity contribution in [3.05, 3.63) is 48.9 Å². The minimum absolute atomic E-state index is 0.0624. The second-order valence-corrected chi connectivity index (χ2v) is 8.19. The first-order valence-corrected chi connectivity index (χ1v) is 10.1. The van der Waals surface area contributed by atoms with Crippen molar-refractivity contribution in [2.45, 2.75) is 38.1 Å². The van der Waals surface area contributed by atoms with E-state index in [4.69, 9.17) is 5.73 Å². The topological polar surface area (TPSA) is 85.8 Å². The Morgan fingerprint density at radius 3 is 2.61 bits per heavy atom. The van der Waals surface area contributed by atoms with Crippen molar-refractivity contribution in [3.63, 3.8) is 0 Å². The molecule has 2 heterocycles. The number of carbonyl (C=O) groups is 1. The monoisotopic (exact) mass is 375 g/mol. The van der Waals surface area contributed by atoms with Gasteiger partial charge in [-0.15, -0.1) is 0 Å². The predicted octanol–water partition coefficient (Wildman–Crippen LogP) is 3.51. The Morgan fingerprint density at radius 2 is 1.86 bits per heavy atom. The lowest BCUT2D eigenvalue weighted by Gasteiger charge is -2.43. The molecule has 0 aliphatic heterocycles. The van der Waals surface area contributed by atoms with Gasteiger partial charge in [0.2, 0.25) is 5.91 Å². The maximum absolute atomic E-state index is 12.8. The molecule has 2 aliphatic rings. The van der Waals surface area contributed by atoms with E-state index in [0.29, 0.717) is 11.8 Å². The number of imidazole rings is 1. The zero-order valence-corrected chi connectivity index (χ0v) is 15.8. The Kier molecular flexibility index (Phi) is 4.36. The van der Waals surface area contributed by atoms with Crippen LogP contribution in [0, 0.1) is 17.8 Å². The lowest BCUT2D eigenvalue weighted by atomic mass is 9.65. The molecule has 1 aromatic carbocycles. The Labute approximate surface area is 164 Å². The number of aromatic nitrogens is 3. The standard InChI is InChI=1S/C22H25N5O/c23-21-14-4-3-5-15(21)11-16(10-14)22(28)26-17-8-9-20(24-12-17)27-13-25-18-6-1-2-7-19(18)27/h1-2,6-9,12-16,21H,3-5,10-11,23H2,(H,26,28). The summed E-state index contributed by atoms with van der Waals surface area (Å²) in [6.07, 6.45) is 8.90. The molecule has 144 valence electrons. The second-order valence-electron chi connectivity index (χ2n) is 8.19. The van der Waals surface area contributed by atoms with Gasteiger partial charge in [-0.2, -0.15) is 0 Å². The fourth-order valence-electron chi connectivity index (χ4n) is 4.99. The van der Waals surface area contributed by atoms with E-state index in [-0.39, 0.29) is 17.9 Å². The lowest BCUT2D eigenvalue weighted by molar-refractivity contribution is -0.122. The number of hydrogen-bond donors (Lipinski definition) is 2. The van der Waals surface area contributed by atoms with Crippen molar-refractivity contribution in [2.75, 3.05) is 5.32 Å². The van der Waals surface area contributed by atoms with Crippen LogP contribution < -0.4 is 11.1 Å². The predicted molar refractivity (Wildman–Crippen MR) is 109 cm³/mol. The molecule has 0 saturated heterocycles. The van der Waals surface area contributed by atoms with Crippen molar-refractivity contribution in [3.8, 4) is 5.82 Å². The molecular weight excluding hydrogens is 350 g/mol. The highest BCUT2D eigenvalue weighted by molar-refractivity contribution is 5.92. The fourth-order valence-corrected chi connectivity index (χ4v) is 4.99. The Morgan fingerprint density at radius 1 is 1.07 bits per heavy atom.